The van der Waals surface area contributed by atoms with Crippen LogP contribution in [0.3, 0.4) is 0 Å². The van der Waals surface area contributed by atoms with Gasteiger partial charge in [-0.2, -0.15) is 0 Å². The smallest absolute Gasteiger partial charge is 0.330 e. The van der Waals surface area contributed by atoms with Gasteiger partial charge in [-0.3, -0.25) is 14.3 Å². The van der Waals surface area contributed by atoms with Gasteiger partial charge in [0.05, 0.1) is 17.6 Å². The van der Waals surface area contributed by atoms with E-state index in [0.29, 0.717) is 13.0 Å². The van der Waals surface area contributed by atoms with Gasteiger partial charge < -0.3 is 9.47 Å². The third-order valence-corrected chi connectivity index (χ3v) is 3.26. The maximum Gasteiger partial charge on any atom is 0.330 e. The molecule has 0 amide bonds. The first-order chi connectivity index (χ1) is 8.44. The molecule has 6 nitrogen and oxygen atoms in total. The summed E-state index contributed by atoms with van der Waals surface area (Å²) in [4.78, 5) is 24.2. The second-order valence-electron chi connectivity index (χ2n) is 4.57. The maximum atomic E-state index is 11.7. The van der Waals surface area contributed by atoms with Gasteiger partial charge in [-0.25, -0.2) is 4.79 Å². The lowest BCUT2D eigenvalue weighted by molar-refractivity contribution is -0.0386. The number of hydrogen-bond acceptors (Lipinski definition) is 4. The zero-order valence-electron chi connectivity index (χ0n) is 10.2. The summed E-state index contributed by atoms with van der Waals surface area (Å²) in [6, 6.07) is 1.27. The second-order valence-corrected chi connectivity index (χ2v) is 5.43. The van der Waals surface area contributed by atoms with Gasteiger partial charge in [0, 0.05) is 19.4 Å². The number of halogens is 1. The predicted octanol–water partition coefficient (Wildman–Crippen LogP) is 0.468. The summed E-state index contributed by atoms with van der Waals surface area (Å²) >= 11 is 6.38. The molecule has 18 heavy (non-hydrogen) atoms. The molecule has 1 aromatic rings. The summed E-state index contributed by atoms with van der Waals surface area (Å²) in [6.07, 6.45) is 1.17. The van der Waals surface area contributed by atoms with Gasteiger partial charge in [-0.15, -0.1) is 11.6 Å². The van der Waals surface area contributed by atoms with Crippen molar-refractivity contribution in [3.63, 3.8) is 0 Å². The van der Waals surface area contributed by atoms with Gasteiger partial charge in [0.2, 0.25) is 0 Å². The molecule has 1 aliphatic heterocycles. The Morgan fingerprint density at radius 2 is 2.39 bits per heavy atom. The molecule has 1 fully saturated rings. The van der Waals surface area contributed by atoms with Crippen molar-refractivity contribution in [2.75, 3.05) is 13.7 Å². The van der Waals surface area contributed by atoms with Gasteiger partial charge >= 0.3 is 5.69 Å². The van der Waals surface area contributed by atoms with E-state index in [1.54, 1.807) is 14.0 Å². The van der Waals surface area contributed by atoms with Crippen molar-refractivity contribution in [2.24, 2.45) is 0 Å². The molecule has 3 atom stereocenters. The molecule has 100 valence electrons. The first-order valence-corrected chi connectivity index (χ1v) is 5.96. The minimum Gasteiger partial charge on any atom is -0.382 e. The molecule has 0 spiro atoms. The van der Waals surface area contributed by atoms with E-state index < -0.39 is 22.4 Å². The van der Waals surface area contributed by atoms with Crippen LogP contribution in [-0.2, 0) is 9.47 Å². The lowest BCUT2D eigenvalue weighted by Crippen LogP contribution is -2.37. The lowest BCUT2D eigenvalue weighted by Gasteiger charge is -2.24. The highest BCUT2D eigenvalue weighted by Gasteiger charge is 2.45. The minimum atomic E-state index is -0.717. The number of nitrogens with one attached hydrogen (secondary N) is 1. The molecular weight excluding hydrogens is 260 g/mol. The van der Waals surface area contributed by atoms with Crippen molar-refractivity contribution in [1.82, 2.24) is 9.55 Å². The van der Waals surface area contributed by atoms with Gasteiger partial charge in [-0.1, -0.05) is 0 Å². The minimum absolute atomic E-state index is 0.165. The van der Waals surface area contributed by atoms with Crippen LogP contribution in [0.25, 0.3) is 0 Å². The Balaban J connectivity index is 2.32. The van der Waals surface area contributed by atoms with Crippen LogP contribution in [0.1, 0.15) is 19.6 Å². The summed E-state index contributed by atoms with van der Waals surface area (Å²) < 4.78 is 12.0. The average Bonchev–Trinajstić information content (AvgIpc) is 2.54. The number of rotatable bonds is 3. The Morgan fingerprint density at radius 3 is 3.00 bits per heavy atom. The lowest BCUT2D eigenvalue weighted by atomic mass is 10.1. The highest BCUT2D eigenvalue weighted by atomic mass is 35.5. The quantitative estimate of drug-likeness (QED) is 0.813. The summed E-state index contributed by atoms with van der Waals surface area (Å²) in [6.45, 7) is 2.21. The SMILES string of the molecule is COCC1CC(C)(Cl)C(n2ccc(=O)[nH]c2=O)O1. The van der Waals surface area contributed by atoms with Crippen LogP contribution >= 0.6 is 11.6 Å². The summed E-state index contributed by atoms with van der Waals surface area (Å²) in [7, 11) is 1.58. The Morgan fingerprint density at radius 1 is 1.67 bits per heavy atom. The number of hydrogen-bond donors (Lipinski definition) is 1. The summed E-state index contributed by atoms with van der Waals surface area (Å²) in [5, 5.41) is 0. The Hall–Kier alpha value is -1.11. The number of aromatic amines is 1. The molecule has 7 heteroatoms. The Kier molecular flexibility index (Phi) is 3.61. The molecule has 3 unspecified atom stereocenters. The highest BCUT2D eigenvalue weighted by molar-refractivity contribution is 6.24. The monoisotopic (exact) mass is 274 g/mol. The van der Waals surface area contributed by atoms with E-state index in [1.807, 2.05) is 0 Å². The van der Waals surface area contributed by atoms with Crippen LogP contribution in [-0.4, -0.2) is 34.2 Å². The fourth-order valence-corrected chi connectivity index (χ4v) is 2.50. The van der Waals surface area contributed by atoms with E-state index in [-0.39, 0.29) is 6.10 Å². The van der Waals surface area contributed by atoms with Crippen LogP contribution in [0.2, 0.25) is 0 Å². The molecule has 0 aromatic carbocycles. The molecule has 0 radical (unpaired) electrons. The molecule has 2 heterocycles. The Labute approximate surface area is 108 Å². The van der Waals surface area contributed by atoms with Crippen LogP contribution < -0.4 is 11.2 Å². The van der Waals surface area contributed by atoms with E-state index in [1.165, 1.54) is 16.8 Å². The van der Waals surface area contributed by atoms with Crippen LogP contribution in [0.5, 0.6) is 0 Å². The van der Waals surface area contributed by atoms with Crippen molar-refractivity contribution >= 4 is 11.6 Å². The molecule has 1 saturated heterocycles. The van der Waals surface area contributed by atoms with Crippen molar-refractivity contribution in [1.29, 1.82) is 0 Å². The number of aromatic nitrogens is 2. The van der Waals surface area contributed by atoms with Gasteiger partial charge in [0.1, 0.15) is 0 Å². The van der Waals surface area contributed by atoms with Crippen LogP contribution in [0, 0.1) is 0 Å². The number of ether oxygens (including phenoxy) is 2. The third-order valence-electron chi connectivity index (χ3n) is 2.92. The summed E-state index contributed by atoms with van der Waals surface area (Å²) in [5.74, 6) is 0. The standard InChI is InChI=1S/C11H15ClN2O4/c1-11(12)5-7(6-17-2)18-9(11)14-4-3-8(15)13-10(14)16/h3-4,7,9H,5-6H2,1-2H3,(H,13,15,16). The topological polar surface area (TPSA) is 73.3 Å². The summed E-state index contributed by atoms with van der Waals surface area (Å²) in [5.41, 5.74) is -0.976. The van der Waals surface area contributed by atoms with E-state index >= 15 is 0 Å². The molecule has 1 aliphatic rings. The Bertz CT molecular complexity index is 536. The molecule has 1 aromatic heterocycles. The van der Waals surface area contributed by atoms with E-state index in [2.05, 4.69) is 4.98 Å². The number of H-pyrrole nitrogens is 1. The fourth-order valence-electron chi connectivity index (χ4n) is 2.17. The normalized spacial score (nSPS) is 31.7. The zero-order chi connectivity index (χ0) is 13.3. The average molecular weight is 275 g/mol. The zero-order valence-corrected chi connectivity index (χ0v) is 10.9. The largest absolute Gasteiger partial charge is 0.382 e. The number of nitrogens with zero attached hydrogens (tertiary/aromatic N) is 1. The van der Waals surface area contributed by atoms with Crippen molar-refractivity contribution in [3.8, 4) is 0 Å². The van der Waals surface area contributed by atoms with E-state index in [4.69, 9.17) is 21.1 Å². The van der Waals surface area contributed by atoms with Gasteiger partial charge in [0.25, 0.3) is 5.56 Å². The number of methoxy groups -OCH3 is 1. The predicted molar refractivity (Wildman–Crippen MR) is 66.0 cm³/mol. The van der Waals surface area contributed by atoms with Crippen molar-refractivity contribution in [2.45, 2.75) is 30.6 Å². The molecule has 0 bridgehead atoms. The third kappa shape index (κ3) is 2.50. The van der Waals surface area contributed by atoms with Crippen molar-refractivity contribution < 1.29 is 9.47 Å². The molecular formula is C11H15ClN2O4. The van der Waals surface area contributed by atoms with Crippen LogP contribution in [0.4, 0.5) is 0 Å². The molecule has 2 rings (SSSR count). The maximum absolute atomic E-state index is 11.7. The highest BCUT2D eigenvalue weighted by Crippen LogP contribution is 2.42. The first kappa shape index (κ1) is 13.3. The molecule has 1 N–H and O–H groups in total. The van der Waals surface area contributed by atoms with E-state index in [9.17, 15) is 9.59 Å². The molecule has 0 saturated carbocycles. The fraction of sp³-hybridized carbons (Fsp3) is 0.636. The van der Waals surface area contributed by atoms with Crippen LogP contribution in [0.15, 0.2) is 21.9 Å². The molecule has 0 aliphatic carbocycles. The van der Waals surface area contributed by atoms with Crippen molar-refractivity contribution in [3.05, 3.63) is 33.1 Å². The van der Waals surface area contributed by atoms with Gasteiger partial charge in [0.15, 0.2) is 6.23 Å². The van der Waals surface area contributed by atoms with E-state index in [0.717, 1.165) is 0 Å². The van der Waals surface area contributed by atoms with Gasteiger partial charge in [-0.05, 0) is 13.3 Å². The second kappa shape index (κ2) is 4.87. The first-order valence-electron chi connectivity index (χ1n) is 5.59. The number of alkyl halides is 1.